The van der Waals surface area contributed by atoms with Crippen LogP contribution in [0, 0.1) is 29.6 Å². The maximum Gasteiger partial charge on any atom is 0.236 e. The summed E-state index contributed by atoms with van der Waals surface area (Å²) in [6, 6.07) is 50.9. The lowest BCUT2D eigenvalue weighted by molar-refractivity contribution is -0.118. The lowest BCUT2D eigenvalue weighted by Gasteiger charge is -2.13. The molecule has 14 heteroatoms. The molecular formula is C50H39N7O4S3. The number of aryl methyl sites for hydroxylation is 1. The van der Waals surface area contributed by atoms with Crippen LogP contribution in [0.2, 0.25) is 0 Å². The van der Waals surface area contributed by atoms with Gasteiger partial charge in [0.1, 0.15) is 33.7 Å². The molecule has 0 atom stereocenters. The summed E-state index contributed by atoms with van der Waals surface area (Å²) >= 11 is 4.09. The van der Waals surface area contributed by atoms with Gasteiger partial charge in [0.15, 0.2) is 5.82 Å². The highest BCUT2D eigenvalue weighted by Gasteiger charge is 2.19. The molecule has 4 heterocycles. The number of thioether (sulfide) groups is 2. The zero-order valence-electron chi connectivity index (χ0n) is 34.6. The van der Waals surface area contributed by atoms with Crippen molar-refractivity contribution < 1.29 is 18.8 Å². The van der Waals surface area contributed by atoms with Crippen molar-refractivity contribution in [1.29, 1.82) is 10.5 Å². The summed E-state index contributed by atoms with van der Waals surface area (Å²) in [5, 5.41) is 32.3. The van der Waals surface area contributed by atoms with E-state index in [1.165, 1.54) is 23.5 Å². The Morgan fingerprint density at radius 1 is 0.688 bits per heavy atom. The van der Waals surface area contributed by atoms with Gasteiger partial charge in [0.2, 0.25) is 11.8 Å². The molecule has 2 amide bonds. The van der Waals surface area contributed by atoms with Gasteiger partial charge in [-0.3, -0.25) is 9.59 Å². The maximum atomic E-state index is 12.4. The summed E-state index contributed by atoms with van der Waals surface area (Å²) in [7, 11) is 1.61. The average Bonchev–Trinajstić information content (AvgIpc) is 4.04. The van der Waals surface area contributed by atoms with Crippen LogP contribution >= 0.6 is 34.9 Å². The molecule has 0 radical (unpaired) electrons. The first kappa shape index (κ1) is 44.6. The third kappa shape index (κ3) is 11.7. The van der Waals surface area contributed by atoms with E-state index in [-0.39, 0.29) is 23.3 Å². The van der Waals surface area contributed by atoms with E-state index in [2.05, 4.69) is 27.9 Å². The van der Waals surface area contributed by atoms with Gasteiger partial charge < -0.3 is 19.9 Å². The van der Waals surface area contributed by atoms with Crippen LogP contribution in [0.5, 0.6) is 5.75 Å². The minimum atomic E-state index is -0.268. The zero-order valence-corrected chi connectivity index (χ0v) is 37.1. The van der Waals surface area contributed by atoms with Crippen molar-refractivity contribution in [2.45, 2.75) is 23.5 Å². The summed E-state index contributed by atoms with van der Waals surface area (Å²) in [5.41, 5.74) is 7.77. The Balaban J connectivity index is 0.000000192. The molecule has 11 nitrogen and oxygen atoms in total. The smallest absolute Gasteiger partial charge is 0.236 e. The summed E-state index contributed by atoms with van der Waals surface area (Å²) < 4.78 is 10.2. The number of methoxy groups -OCH3 is 1. The Kier molecular flexibility index (Phi) is 15.3. The lowest BCUT2D eigenvalue weighted by atomic mass is 9.99. The fraction of sp³-hybridized carbons (Fsp3) is 0.100. The Morgan fingerprint density at radius 3 is 1.81 bits per heavy atom. The molecule has 316 valence electrons. The molecule has 0 aliphatic rings. The van der Waals surface area contributed by atoms with E-state index in [9.17, 15) is 20.1 Å². The summed E-state index contributed by atoms with van der Waals surface area (Å²) in [5.74, 6) is 1.57. The van der Waals surface area contributed by atoms with Crippen molar-refractivity contribution in [1.82, 2.24) is 20.4 Å². The second kappa shape index (κ2) is 22.0. The van der Waals surface area contributed by atoms with Gasteiger partial charge in [-0.1, -0.05) is 138 Å². The topological polar surface area (TPSA) is 167 Å². The van der Waals surface area contributed by atoms with Crippen molar-refractivity contribution in [3.8, 4) is 62.0 Å². The van der Waals surface area contributed by atoms with Crippen LogP contribution < -0.4 is 15.4 Å². The molecule has 4 aromatic carbocycles. The number of nitrogens with zero attached hydrogens (tertiary/aromatic N) is 5. The number of pyridine rings is 2. The van der Waals surface area contributed by atoms with Crippen molar-refractivity contribution in [2.75, 3.05) is 23.9 Å². The highest BCUT2D eigenvalue weighted by atomic mass is 32.2. The van der Waals surface area contributed by atoms with Gasteiger partial charge in [0.25, 0.3) is 0 Å². The van der Waals surface area contributed by atoms with Crippen molar-refractivity contribution in [3.63, 3.8) is 0 Å². The fourth-order valence-corrected chi connectivity index (χ4v) is 8.66. The number of carbonyl (C=O) groups excluding carboxylic acids is 2. The largest absolute Gasteiger partial charge is 0.497 e. The molecule has 2 N–H and O–H groups in total. The molecule has 0 aliphatic heterocycles. The predicted molar refractivity (Wildman–Crippen MR) is 254 cm³/mol. The Bertz CT molecular complexity index is 2920. The normalized spacial score (nSPS) is 10.4. The Labute approximate surface area is 383 Å². The second-order valence-electron chi connectivity index (χ2n) is 13.8. The van der Waals surface area contributed by atoms with Crippen molar-refractivity contribution in [2.24, 2.45) is 0 Å². The monoisotopic (exact) mass is 897 g/mol. The molecule has 4 aromatic heterocycles. The average molecular weight is 898 g/mol. The van der Waals surface area contributed by atoms with Crippen LogP contribution in [0.25, 0.3) is 44.1 Å². The van der Waals surface area contributed by atoms with Crippen LogP contribution in [-0.4, -0.2) is 45.6 Å². The first-order valence-corrected chi connectivity index (χ1v) is 22.7. The van der Waals surface area contributed by atoms with Gasteiger partial charge >= 0.3 is 0 Å². The van der Waals surface area contributed by atoms with E-state index in [0.717, 1.165) is 55.4 Å². The van der Waals surface area contributed by atoms with E-state index < -0.39 is 0 Å². The van der Waals surface area contributed by atoms with E-state index >= 15 is 0 Å². The molecule has 0 spiro atoms. The highest BCUT2D eigenvalue weighted by molar-refractivity contribution is 8.00. The first-order chi connectivity index (χ1) is 31.3. The molecule has 0 saturated carbocycles. The number of benzene rings is 4. The van der Waals surface area contributed by atoms with Crippen LogP contribution in [0.1, 0.15) is 22.5 Å². The van der Waals surface area contributed by atoms with Crippen LogP contribution in [0.4, 0.5) is 5.82 Å². The van der Waals surface area contributed by atoms with Gasteiger partial charge in [-0.15, -0.1) is 11.3 Å². The second-order valence-corrected chi connectivity index (χ2v) is 16.7. The summed E-state index contributed by atoms with van der Waals surface area (Å²) in [6.07, 6.45) is 0. The maximum absolute atomic E-state index is 12.4. The standard InChI is InChI=1S/C25H20N4O3S.C25H19N3OS2/c1-16-12-23(29-32-16)28-24(30)15-33-25-21(14-26)20(17-8-10-19(31-2)11-9-17)13-22(27-25)18-6-4-3-5-7-18;26-15-21-20(19-10-5-2-6-11-19)14-22(23-12-7-13-30-23)28-25(21)31-17-24(29)27-16-18-8-3-1-4-9-18/h3-13H,15H2,1-2H3,(H,28,29,30);1-14H,16-17H2,(H,27,29). The number of ether oxygens (including phenoxy) is 1. The number of hydrogen-bond donors (Lipinski definition) is 2. The molecule has 0 aliphatic carbocycles. The van der Waals surface area contributed by atoms with Crippen molar-refractivity contribution in [3.05, 3.63) is 173 Å². The molecule has 64 heavy (non-hydrogen) atoms. The molecule has 0 saturated heterocycles. The number of rotatable bonds is 14. The van der Waals surface area contributed by atoms with E-state index in [1.807, 2.05) is 145 Å². The Hall–Kier alpha value is -7.49. The number of hydrogen-bond acceptors (Lipinski definition) is 12. The fourth-order valence-electron chi connectivity index (χ4n) is 6.34. The minimum absolute atomic E-state index is 0.0634. The Morgan fingerprint density at radius 2 is 1.25 bits per heavy atom. The predicted octanol–water partition coefficient (Wildman–Crippen LogP) is 11.1. The molecule has 0 bridgehead atoms. The number of aromatic nitrogens is 3. The van der Waals surface area contributed by atoms with Crippen LogP contribution in [-0.2, 0) is 16.1 Å². The lowest BCUT2D eigenvalue weighted by Crippen LogP contribution is -2.24. The van der Waals surface area contributed by atoms with Gasteiger partial charge in [-0.05, 0) is 59.3 Å². The van der Waals surface area contributed by atoms with E-state index in [0.29, 0.717) is 39.3 Å². The highest BCUT2D eigenvalue weighted by Crippen LogP contribution is 2.37. The third-order valence-corrected chi connectivity index (χ3v) is 12.3. The van der Waals surface area contributed by atoms with E-state index in [1.54, 1.807) is 31.4 Å². The zero-order chi connectivity index (χ0) is 44.7. The number of amides is 2. The number of nitriles is 2. The number of carbonyl (C=O) groups is 2. The van der Waals surface area contributed by atoms with Gasteiger partial charge in [0.05, 0.1) is 46.0 Å². The minimum Gasteiger partial charge on any atom is -0.497 e. The summed E-state index contributed by atoms with van der Waals surface area (Å²) in [6.45, 7) is 2.22. The molecule has 0 fully saturated rings. The molecular weight excluding hydrogens is 859 g/mol. The molecule has 8 rings (SSSR count). The van der Waals surface area contributed by atoms with Crippen LogP contribution in [0.15, 0.2) is 166 Å². The number of nitrogens with one attached hydrogen (secondary N) is 2. The SMILES string of the molecule is COc1ccc(-c2cc(-c3ccccc3)nc(SCC(=O)Nc3cc(C)on3)c2C#N)cc1.N#Cc1c(-c2ccccc2)cc(-c2cccs2)nc1SCC(=O)NCc1ccccc1. The quantitative estimate of drug-likeness (QED) is 0.0997. The third-order valence-electron chi connectivity index (χ3n) is 9.43. The van der Waals surface area contributed by atoms with Gasteiger partial charge in [-0.25, -0.2) is 9.97 Å². The van der Waals surface area contributed by atoms with Crippen LogP contribution in [0.3, 0.4) is 0 Å². The van der Waals surface area contributed by atoms with Gasteiger partial charge in [-0.2, -0.15) is 10.5 Å². The van der Waals surface area contributed by atoms with E-state index in [4.69, 9.17) is 19.2 Å². The summed E-state index contributed by atoms with van der Waals surface area (Å²) in [4.78, 5) is 35.3. The van der Waals surface area contributed by atoms with Gasteiger partial charge in [0, 0.05) is 29.3 Å². The molecule has 0 unspecified atom stereocenters. The number of thiophene rings is 1. The first-order valence-electron chi connectivity index (χ1n) is 19.8. The molecule has 8 aromatic rings. The number of anilines is 1. The van der Waals surface area contributed by atoms with Crippen molar-refractivity contribution >= 4 is 52.5 Å².